The minimum Gasteiger partial charge on any atom is -0.455 e. The van der Waals surface area contributed by atoms with Crippen LogP contribution in [0, 0.1) is 11.8 Å². The maximum atomic E-state index is 14.5. The van der Waals surface area contributed by atoms with Crippen molar-refractivity contribution in [3.63, 3.8) is 0 Å². The van der Waals surface area contributed by atoms with Crippen LogP contribution in [0.3, 0.4) is 0 Å². The summed E-state index contributed by atoms with van der Waals surface area (Å²) >= 11 is 3.56. The van der Waals surface area contributed by atoms with Gasteiger partial charge in [-0.1, -0.05) is 78.2 Å². The molecule has 3 amide bonds. The van der Waals surface area contributed by atoms with Gasteiger partial charge >= 0.3 is 5.97 Å². The lowest BCUT2D eigenvalue weighted by Crippen LogP contribution is -2.58. The maximum absolute atomic E-state index is 14.5. The first-order valence-corrected chi connectivity index (χ1v) is 16.0. The Morgan fingerprint density at radius 2 is 1.88 bits per heavy atom. The van der Waals surface area contributed by atoms with Crippen molar-refractivity contribution in [3.05, 3.63) is 58.6 Å². The Morgan fingerprint density at radius 1 is 1.12 bits per heavy atom. The fourth-order valence-electron chi connectivity index (χ4n) is 6.73. The Morgan fingerprint density at radius 3 is 2.60 bits per heavy atom. The number of esters is 1. The second-order valence-electron chi connectivity index (χ2n) is 11.7. The summed E-state index contributed by atoms with van der Waals surface area (Å²) in [7, 11) is 0. The van der Waals surface area contributed by atoms with E-state index in [4.69, 9.17) is 9.47 Å². The van der Waals surface area contributed by atoms with E-state index in [1.54, 1.807) is 17.9 Å². The number of allylic oxidation sites excluding steroid dienone is 1. The van der Waals surface area contributed by atoms with E-state index < -0.39 is 53.6 Å². The largest absolute Gasteiger partial charge is 0.455 e. The van der Waals surface area contributed by atoms with Crippen molar-refractivity contribution in [2.75, 3.05) is 26.2 Å². The minimum atomic E-state index is -1.40. The van der Waals surface area contributed by atoms with Crippen molar-refractivity contribution in [3.8, 4) is 0 Å². The molecule has 2 fully saturated rings. The van der Waals surface area contributed by atoms with Gasteiger partial charge in [-0.3, -0.25) is 19.2 Å². The fraction of sp³-hybridized carbons (Fsp3) is 0.562. The SMILES string of the molecule is CCCCCN1C/C=C\CCC(=O)NC[C@@H](c2ccccc2)OC(=O)[C@@H]2[C@H]3O[C@@]4(C=C3Br)[C@H](C1=O)N([C@H](C)CO)C(=O)[C@@H]24. The summed E-state index contributed by atoms with van der Waals surface area (Å²) in [6, 6.07) is 7.38. The first-order valence-electron chi connectivity index (χ1n) is 15.2. The second-order valence-corrected chi connectivity index (χ2v) is 12.7. The molecule has 2 saturated heterocycles. The molecule has 43 heavy (non-hydrogen) atoms. The molecular formula is C32H40BrN3O7. The monoisotopic (exact) mass is 657 g/mol. The number of unbranched alkanes of at least 4 members (excludes halogenated alkanes) is 2. The number of aliphatic hydroxyl groups is 1. The van der Waals surface area contributed by atoms with E-state index in [-0.39, 0.29) is 31.4 Å². The Balaban J connectivity index is 1.57. The fourth-order valence-corrected chi connectivity index (χ4v) is 7.46. The molecule has 1 aromatic carbocycles. The standard InChI is InChI=1S/C32H40BrN3O7/c1-3-4-10-15-35-16-11-6-9-14-24(38)34-18-23(21-12-7-5-8-13-21)42-31(41)25-26-29(39)36(20(2)19-37)28(30(35)40)32(26)17-22(33)27(25)43-32/h5-8,11-13,17,20,23,25-28,37H,3-4,9-10,14-16,18-19H2,1-2H3,(H,34,38)/b11-6-/t20-,23+,25+,26-,27+,28+,32-/m1/s1. The van der Waals surface area contributed by atoms with E-state index >= 15 is 0 Å². The normalized spacial score (nSPS) is 32.7. The van der Waals surface area contributed by atoms with E-state index in [0.717, 1.165) is 19.3 Å². The van der Waals surface area contributed by atoms with Gasteiger partial charge in [0.15, 0.2) is 0 Å². The van der Waals surface area contributed by atoms with Gasteiger partial charge in [-0.2, -0.15) is 0 Å². The summed E-state index contributed by atoms with van der Waals surface area (Å²) in [5.41, 5.74) is -0.700. The number of fused-ring (bicyclic) bond motifs is 2. The third-order valence-corrected chi connectivity index (χ3v) is 9.58. The molecular weight excluding hydrogens is 618 g/mol. The van der Waals surface area contributed by atoms with Crippen LogP contribution in [0.1, 0.15) is 57.6 Å². The maximum Gasteiger partial charge on any atom is 0.313 e. The molecule has 0 radical (unpaired) electrons. The molecule has 11 heteroatoms. The van der Waals surface area contributed by atoms with E-state index in [9.17, 15) is 24.3 Å². The number of carbonyl (C=O) groups is 4. The number of likely N-dealkylation sites (tertiary alicyclic amines) is 1. The topological polar surface area (TPSA) is 125 Å². The van der Waals surface area contributed by atoms with Crippen LogP contribution in [0.15, 0.2) is 53.0 Å². The third-order valence-electron chi connectivity index (χ3n) is 8.90. The van der Waals surface area contributed by atoms with Crippen molar-refractivity contribution in [1.29, 1.82) is 0 Å². The van der Waals surface area contributed by atoms with Crippen molar-refractivity contribution < 1.29 is 33.8 Å². The quantitative estimate of drug-likeness (QED) is 0.262. The van der Waals surface area contributed by atoms with Crippen LogP contribution in [0.25, 0.3) is 0 Å². The summed E-state index contributed by atoms with van der Waals surface area (Å²) < 4.78 is 13.2. The number of benzene rings is 1. The lowest BCUT2D eigenvalue weighted by Gasteiger charge is -2.37. The number of ether oxygens (including phenoxy) is 2. The van der Waals surface area contributed by atoms with Crippen LogP contribution >= 0.6 is 15.9 Å². The molecule has 1 aromatic rings. The van der Waals surface area contributed by atoms with Gasteiger partial charge in [0, 0.05) is 24.0 Å². The molecule has 232 valence electrons. The van der Waals surface area contributed by atoms with Crippen LogP contribution < -0.4 is 5.32 Å². The number of hydrogen-bond acceptors (Lipinski definition) is 7. The van der Waals surface area contributed by atoms with E-state index in [0.29, 0.717) is 29.6 Å². The molecule has 5 bridgehead atoms. The predicted octanol–water partition coefficient (Wildman–Crippen LogP) is 3.01. The number of nitrogens with zero attached hydrogens (tertiary/aromatic N) is 2. The van der Waals surface area contributed by atoms with Gasteiger partial charge in [0.1, 0.15) is 29.8 Å². The Kier molecular flexibility index (Phi) is 9.73. The highest BCUT2D eigenvalue weighted by Gasteiger charge is 2.75. The molecule has 0 aliphatic carbocycles. The van der Waals surface area contributed by atoms with Crippen LogP contribution in [0.4, 0.5) is 0 Å². The van der Waals surface area contributed by atoms with Crippen LogP contribution in [0.5, 0.6) is 0 Å². The van der Waals surface area contributed by atoms with Crippen molar-refractivity contribution in [2.45, 2.75) is 75.8 Å². The number of rotatable bonds is 7. The van der Waals surface area contributed by atoms with E-state index in [1.165, 1.54) is 4.90 Å². The van der Waals surface area contributed by atoms with Crippen molar-refractivity contribution in [1.82, 2.24) is 15.1 Å². The van der Waals surface area contributed by atoms with E-state index in [2.05, 4.69) is 28.2 Å². The van der Waals surface area contributed by atoms with Crippen LogP contribution in [-0.2, 0) is 28.7 Å². The lowest BCUT2D eigenvalue weighted by molar-refractivity contribution is -0.160. The van der Waals surface area contributed by atoms with Crippen molar-refractivity contribution in [2.24, 2.45) is 11.8 Å². The zero-order chi connectivity index (χ0) is 30.7. The number of halogens is 1. The average molecular weight is 659 g/mol. The second kappa shape index (κ2) is 13.3. The molecule has 7 atom stereocenters. The molecule has 4 aliphatic rings. The van der Waals surface area contributed by atoms with Crippen molar-refractivity contribution >= 4 is 39.6 Å². The molecule has 10 nitrogen and oxygen atoms in total. The van der Waals surface area contributed by atoms with Crippen LogP contribution in [0.2, 0.25) is 0 Å². The average Bonchev–Trinajstić information content (AvgIpc) is 3.60. The first kappa shape index (κ1) is 31.4. The number of cyclic esters (lactones) is 1. The summed E-state index contributed by atoms with van der Waals surface area (Å²) in [5.74, 6) is -3.58. The number of aliphatic hydroxyl groups excluding tert-OH is 1. The molecule has 0 saturated carbocycles. The van der Waals surface area contributed by atoms with Gasteiger partial charge in [-0.15, -0.1) is 0 Å². The van der Waals surface area contributed by atoms with E-state index in [1.807, 2.05) is 42.5 Å². The summed E-state index contributed by atoms with van der Waals surface area (Å²) in [6.07, 6.45) is 7.33. The smallest absolute Gasteiger partial charge is 0.313 e. The molecule has 2 N–H and O–H groups in total. The zero-order valence-electron chi connectivity index (χ0n) is 24.6. The molecule has 1 spiro atoms. The minimum absolute atomic E-state index is 0.0668. The highest BCUT2D eigenvalue weighted by atomic mass is 79.9. The Labute approximate surface area is 260 Å². The first-order chi connectivity index (χ1) is 20.7. The molecule has 5 rings (SSSR count). The highest BCUT2D eigenvalue weighted by molar-refractivity contribution is 9.11. The molecule has 4 heterocycles. The van der Waals surface area contributed by atoms with Gasteiger partial charge in [-0.05, 0) is 31.4 Å². The lowest BCUT2D eigenvalue weighted by atomic mass is 9.74. The third kappa shape index (κ3) is 5.91. The van der Waals surface area contributed by atoms with Gasteiger partial charge in [0.25, 0.3) is 0 Å². The molecule has 0 aromatic heterocycles. The number of carbonyl (C=O) groups excluding carboxylic acids is 4. The van der Waals surface area contributed by atoms with Gasteiger partial charge in [-0.25, -0.2) is 0 Å². The Hall–Kier alpha value is -3.02. The van der Waals surface area contributed by atoms with Gasteiger partial charge in [0.2, 0.25) is 17.7 Å². The number of hydrogen-bond donors (Lipinski definition) is 2. The van der Waals surface area contributed by atoms with Crippen LogP contribution in [-0.4, -0.2) is 88.6 Å². The molecule has 4 aliphatic heterocycles. The summed E-state index contributed by atoms with van der Waals surface area (Å²) in [4.78, 5) is 58.5. The Bertz CT molecular complexity index is 1290. The number of amides is 3. The summed E-state index contributed by atoms with van der Waals surface area (Å²) in [6.45, 7) is 4.26. The van der Waals surface area contributed by atoms with Gasteiger partial charge < -0.3 is 29.7 Å². The van der Waals surface area contributed by atoms with Gasteiger partial charge in [0.05, 0.1) is 25.1 Å². The zero-order valence-corrected chi connectivity index (χ0v) is 26.2. The highest BCUT2D eigenvalue weighted by Crippen LogP contribution is 2.59. The number of nitrogens with one attached hydrogen (secondary N) is 1. The molecule has 0 unspecified atom stereocenters. The predicted molar refractivity (Wildman–Crippen MR) is 162 cm³/mol. The summed E-state index contributed by atoms with van der Waals surface area (Å²) in [5, 5.41) is 13.0.